The van der Waals surface area contributed by atoms with Gasteiger partial charge in [0.1, 0.15) is 11.5 Å². The number of carbonyl (C=O) groups is 2. The predicted molar refractivity (Wildman–Crippen MR) is 139 cm³/mol. The van der Waals surface area contributed by atoms with Crippen LogP contribution in [0.1, 0.15) is 55.8 Å². The average Bonchev–Trinajstić information content (AvgIpc) is 3.16. The first kappa shape index (κ1) is 25.9. The quantitative estimate of drug-likeness (QED) is 0.319. The van der Waals surface area contributed by atoms with Crippen molar-refractivity contribution in [3.8, 4) is 5.75 Å². The van der Waals surface area contributed by atoms with Crippen LogP contribution >= 0.6 is 0 Å². The lowest BCUT2D eigenvalue weighted by Gasteiger charge is -2.31. The Morgan fingerprint density at radius 2 is 1.69 bits per heavy atom. The average molecular weight is 493 g/mol. The first-order valence-corrected chi connectivity index (χ1v) is 12.8. The summed E-state index contributed by atoms with van der Waals surface area (Å²) in [6.45, 7) is 10.8. The molecular weight excluding hydrogens is 456 g/mol. The molecule has 0 bridgehead atoms. The molecule has 36 heavy (non-hydrogen) atoms. The minimum atomic E-state index is -0.654. The van der Waals surface area contributed by atoms with E-state index in [4.69, 9.17) is 9.47 Å². The van der Waals surface area contributed by atoms with Crippen LogP contribution < -0.4 is 4.74 Å². The predicted octanol–water partition coefficient (Wildman–Crippen LogP) is 4.35. The largest absolute Gasteiger partial charge is 0.507 e. The number of aliphatic hydroxyl groups excluding tert-OH is 1. The highest BCUT2D eigenvalue weighted by Gasteiger charge is 2.46. The number of benzene rings is 2. The molecule has 2 aliphatic heterocycles. The van der Waals surface area contributed by atoms with Crippen LogP contribution in [0.4, 0.5) is 0 Å². The van der Waals surface area contributed by atoms with E-state index in [0.717, 1.165) is 25.1 Å². The van der Waals surface area contributed by atoms with E-state index in [1.165, 1.54) is 5.56 Å². The molecule has 2 fully saturated rings. The fraction of sp³-hybridized carbons (Fsp3) is 0.448. The standard InChI is InChI=1S/C29H36N2O5/c1-4-17-36-24-11-9-23(10-12-24)27(32)25-26(22-7-5-21(6-8-22)20(2)3)31(29(34)28(25)33)14-13-30-15-18-35-19-16-30/h5-12,20,26,32H,4,13-19H2,1-3H3/b27-25+/t26-/m0/s1. The number of aliphatic hydroxyl groups is 1. The second kappa shape index (κ2) is 11.7. The van der Waals surface area contributed by atoms with Gasteiger partial charge in [-0.3, -0.25) is 14.5 Å². The molecule has 2 aliphatic rings. The molecule has 2 heterocycles. The van der Waals surface area contributed by atoms with Gasteiger partial charge in [0.05, 0.1) is 31.4 Å². The summed E-state index contributed by atoms with van der Waals surface area (Å²) in [6, 6.07) is 14.3. The van der Waals surface area contributed by atoms with Crippen molar-refractivity contribution in [3.63, 3.8) is 0 Å². The monoisotopic (exact) mass is 492 g/mol. The first-order valence-electron chi connectivity index (χ1n) is 12.8. The Morgan fingerprint density at radius 3 is 2.31 bits per heavy atom. The number of hydrogen-bond donors (Lipinski definition) is 1. The summed E-state index contributed by atoms with van der Waals surface area (Å²) in [5.74, 6) is -0.341. The lowest BCUT2D eigenvalue weighted by Crippen LogP contribution is -2.42. The molecule has 2 aromatic rings. The molecule has 0 aliphatic carbocycles. The summed E-state index contributed by atoms with van der Waals surface area (Å²) in [5, 5.41) is 11.3. The summed E-state index contributed by atoms with van der Waals surface area (Å²) in [4.78, 5) is 30.3. The molecule has 0 aromatic heterocycles. The maximum atomic E-state index is 13.3. The minimum absolute atomic E-state index is 0.126. The zero-order valence-electron chi connectivity index (χ0n) is 21.4. The molecule has 4 rings (SSSR count). The van der Waals surface area contributed by atoms with E-state index < -0.39 is 17.7 Å². The van der Waals surface area contributed by atoms with E-state index in [9.17, 15) is 14.7 Å². The van der Waals surface area contributed by atoms with Gasteiger partial charge < -0.3 is 19.5 Å². The third-order valence-corrected chi connectivity index (χ3v) is 6.82. The van der Waals surface area contributed by atoms with E-state index in [1.54, 1.807) is 29.2 Å². The van der Waals surface area contributed by atoms with Gasteiger partial charge in [-0.15, -0.1) is 0 Å². The molecule has 0 spiro atoms. The molecule has 0 unspecified atom stereocenters. The molecule has 2 saturated heterocycles. The molecule has 0 radical (unpaired) electrons. The number of ketones is 1. The zero-order chi connectivity index (χ0) is 25.7. The molecule has 0 saturated carbocycles. The molecule has 7 heteroatoms. The molecule has 7 nitrogen and oxygen atoms in total. The Morgan fingerprint density at radius 1 is 1.03 bits per heavy atom. The summed E-state index contributed by atoms with van der Waals surface area (Å²) < 4.78 is 11.1. The number of Topliss-reactive ketones (excluding diaryl/α,β-unsaturated/α-hetero) is 1. The van der Waals surface area contributed by atoms with Crippen LogP contribution in [0.5, 0.6) is 5.75 Å². The fourth-order valence-electron chi connectivity index (χ4n) is 4.68. The Balaban J connectivity index is 1.69. The van der Waals surface area contributed by atoms with Gasteiger partial charge in [0.25, 0.3) is 11.7 Å². The van der Waals surface area contributed by atoms with Gasteiger partial charge in [0.2, 0.25) is 0 Å². The molecule has 1 N–H and O–H groups in total. The highest BCUT2D eigenvalue weighted by Crippen LogP contribution is 2.39. The molecule has 192 valence electrons. The number of hydrogen-bond acceptors (Lipinski definition) is 6. The summed E-state index contributed by atoms with van der Waals surface area (Å²) in [7, 11) is 0. The van der Waals surface area contributed by atoms with Gasteiger partial charge in [-0.1, -0.05) is 45.0 Å². The van der Waals surface area contributed by atoms with Crippen LogP contribution in [0, 0.1) is 0 Å². The van der Waals surface area contributed by atoms with Gasteiger partial charge in [0.15, 0.2) is 0 Å². The van der Waals surface area contributed by atoms with E-state index in [2.05, 4.69) is 18.7 Å². The lowest BCUT2D eigenvalue weighted by atomic mass is 9.93. The maximum absolute atomic E-state index is 13.3. The normalized spacial score (nSPS) is 20.3. The fourth-order valence-corrected chi connectivity index (χ4v) is 4.68. The van der Waals surface area contributed by atoms with Gasteiger partial charge in [-0.05, 0) is 47.7 Å². The van der Waals surface area contributed by atoms with E-state index in [0.29, 0.717) is 50.1 Å². The highest BCUT2D eigenvalue weighted by atomic mass is 16.5. The maximum Gasteiger partial charge on any atom is 0.295 e. The van der Waals surface area contributed by atoms with Crippen LogP contribution in [0.15, 0.2) is 54.1 Å². The van der Waals surface area contributed by atoms with Crippen molar-refractivity contribution < 1.29 is 24.2 Å². The van der Waals surface area contributed by atoms with Crippen LogP contribution in [-0.4, -0.2) is 72.6 Å². The third kappa shape index (κ3) is 5.63. The number of amides is 1. The number of carbonyl (C=O) groups excluding carboxylic acids is 2. The second-order valence-electron chi connectivity index (χ2n) is 9.64. The van der Waals surface area contributed by atoms with Crippen molar-refractivity contribution in [2.24, 2.45) is 0 Å². The van der Waals surface area contributed by atoms with E-state index in [-0.39, 0.29) is 11.3 Å². The van der Waals surface area contributed by atoms with Gasteiger partial charge in [0, 0.05) is 31.7 Å². The Kier molecular flexibility index (Phi) is 8.44. The van der Waals surface area contributed by atoms with Gasteiger partial charge in [-0.25, -0.2) is 0 Å². The second-order valence-corrected chi connectivity index (χ2v) is 9.64. The van der Waals surface area contributed by atoms with Gasteiger partial charge >= 0.3 is 0 Å². The smallest absolute Gasteiger partial charge is 0.295 e. The number of ether oxygens (including phenoxy) is 2. The van der Waals surface area contributed by atoms with E-state index in [1.807, 2.05) is 31.2 Å². The Bertz CT molecular complexity index is 1090. The summed E-state index contributed by atoms with van der Waals surface area (Å²) in [5.41, 5.74) is 2.59. The number of likely N-dealkylation sites (tertiary alicyclic amines) is 1. The summed E-state index contributed by atoms with van der Waals surface area (Å²) >= 11 is 0. The van der Waals surface area contributed by atoms with Crippen LogP contribution in [-0.2, 0) is 14.3 Å². The van der Waals surface area contributed by atoms with Crippen LogP contribution in [0.2, 0.25) is 0 Å². The number of nitrogens with zero attached hydrogens (tertiary/aromatic N) is 2. The Hall–Kier alpha value is -3.16. The van der Waals surface area contributed by atoms with Crippen molar-refractivity contribution in [2.75, 3.05) is 46.0 Å². The van der Waals surface area contributed by atoms with Crippen molar-refractivity contribution in [1.82, 2.24) is 9.80 Å². The van der Waals surface area contributed by atoms with E-state index >= 15 is 0 Å². The van der Waals surface area contributed by atoms with Gasteiger partial charge in [-0.2, -0.15) is 0 Å². The van der Waals surface area contributed by atoms with Crippen LogP contribution in [0.3, 0.4) is 0 Å². The summed E-state index contributed by atoms with van der Waals surface area (Å²) in [6.07, 6.45) is 0.894. The third-order valence-electron chi connectivity index (χ3n) is 6.82. The zero-order valence-corrected chi connectivity index (χ0v) is 21.4. The van der Waals surface area contributed by atoms with Crippen molar-refractivity contribution >= 4 is 17.4 Å². The number of rotatable bonds is 9. The highest BCUT2D eigenvalue weighted by molar-refractivity contribution is 6.46. The van der Waals surface area contributed by atoms with Crippen molar-refractivity contribution in [1.29, 1.82) is 0 Å². The molecule has 1 atom stereocenters. The Labute approximate surface area is 213 Å². The molecular formula is C29H36N2O5. The number of morpholine rings is 1. The van der Waals surface area contributed by atoms with Crippen LogP contribution in [0.25, 0.3) is 5.76 Å². The van der Waals surface area contributed by atoms with Crippen molar-refractivity contribution in [3.05, 3.63) is 70.8 Å². The molecule has 1 amide bonds. The topological polar surface area (TPSA) is 79.3 Å². The van der Waals surface area contributed by atoms with Crippen molar-refractivity contribution in [2.45, 2.75) is 39.2 Å². The first-order chi connectivity index (χ1) is 17.4. The minimum Gasteiger partial charge on any atom is -0.507 e. The lowest BCUT2D eigenvalue weighted by molar-refractivity contribution is -0.140. The SMILES string of the molecule is CCCOc1ccc(/C(O)=C2\C(=O)C(=O)N(CCN3CCOCC3)[C@H]2c2ccc(C(C)C)cc2)cc1. The molecule has 2 aromatic carbocycles.